The lowest BCUT2D eigenvalue weighted by Crippen LogP contribution is -2.52. The van der Waals surface area contributed by atoms with Crippen molar-refractivity contribution < 1.29 is 4.79 Å². The Morgan fingerprint density at radius 2 is 2.16 bits per heavy atom. The summed E-state index contributed by atoms with van der Waals surface area (Å²) in [7, 11) is 0. The second-order valence-corrected chi connectivity index (χ2v) is 5.98. The van der Waals surface area contributed by atoms with E-state index in [2.05, 4.69) is 17.2 Å². The van der Waals surface area contributed by atoms with Crippen molar-refractivity contribution in [2.45, 2.75) is 45.1 Å². The van der Waals surface area contributed by atoms with Gasteiger partial charge in [-0.3, -0.25) is 4.79 Å². The molecule has 1 fully saturated rings. The number of carbonyl (C=O) groups is 1. The molecule has 0 radical (unpaired) electrons. The molecule has 19 heavy (non-hydrogen) atoms. The van der Waals surface area contributed by atoms with Crippen LogP contribution in [0.5, 0.6) is 0 Å². The van der Waals surface area contributed by atoms with Gasteiger partial charge in [-0.1, -0.05) is 13.0 Å². The third-order valence-corrected chi connectivity index (χ3v) is 4.50. The lowest BCUT2D eigenvalue weighted by Gasteiger charge is -2.38. The maximum absolute atomic E-state index is 12.3. The van der Waals surface area contributed by atoms with Gasteiger partial charge in [0.15, 0.2) is 0 Å². The first-order chi connectivity index (χ1) is 9.04. The number of halogens is 1. The van der Waals surface area contributed by atoms with E-state index in [4.69, 9.17) is 11.6 Å². The average Bonchev–Trinajstić information content (AvgIpc) is 2.42. The monoisotopic (exact) mass is 280 g/mol. The number of hydrogen-bond acceptors (Lipinski definition) is 2. The van der Waals surface area contributed by atoms with E-state index < -0.39 is 0 Å². The van der Waals surface area contributed by atoms with Crippen molar-refractivity contribution in [1.82, 2.24) is 10.3 Å². The standard InChI is InChI=1S/C15H21ClN2O/c1-11-6-8-15(10-16,9-7-11)18-14(19)13-5-3-4-12(2)17-13/h3-5,11H,6-10H2,1-2H3,(H,18,19). The van der Waals surface area contributed by atoms with Gasteiger partial charge in [0.05, 0.1) is 5.54 Å². The Hall–Kier alpha value is -1.09. The van der Waals surface area contributed by atoms with Crippen molar-refractivity contribution in [1.29, 1.82) is 0 Å². The predicted octanol–water partition coefficient (Wildman–Crippen LogP) is 3.31. The van der Waals surface area contributed by atoms with Crippen LogP contribution in [0.3, 0.4) is 0 Å². The van der Waals surface area contributed by atoms with Crippen LogP contribution in [0.2, 0.25) is 0 Å². The minimum atomic E-state index is -0.253. The largest absolute Gasteiger partial charge is 0.344 e. The molecule has 1 aromatic heterocycles. The summed E-state index contributed by atoms with van der Waals surface area (Å²) in [5.74, 6) is 1.08. The summed E-state index contributed by atoms with van der Waals surface area (Å²) in [5.41, 5.74) is 1.07. The summed E-state index contributed by atoms with van der Waals surface area (Å²) < 4.78 is 0. The summed E-state index contributed by atoms with van der Waals surface area (Å²) in [6.07, 6.45) is 4.15. The number of nitrogens with one attached hydrogen (secondary N) is 1. The minimum absolute atomic E-state index is 0.112. The molecule has 0 atom stereocenters. The Labute approximate surface area is 119 Å². The van der Waals surface area contributed by atoms with Gasteiger partial charge in [0.25, 0.3) is 5.91 Å². The number of alkyl halides is 1. The Morgan fingerprint density at radius 1 is 1.47 bits per heavy atom. The molecule has 4 heteroatoms. The smallest absolute Gasteiger partial charge is 0.270 e. The fourth-order valence-corrected chi connectivity index (χ4v) is 2.92. The predicted molar refractivity (Wildman–Crippen MR) is 77.5 cm³/mol. The quantitative estimate of drug-likeness (QED) is 0.863. The van der Waals surface area contributed by atoms with Crippen LogP contribution in [0, 0.1) is 12.8 Å². The summed E-state index contributed by atoms with van der Waals surface area (Å²) in [6.45, 7) is 4.14. The van der Waals surface area contributed by atoms with Gasteiger partial charge in [0.1, 0.15) is 5.69 Å². The van der Waals surface area contributed by atoms with E-state index in [9.17, 15) is 4.79 Å². The van der Waals surface area contributed by atoms with Gasteiger partial charge in [0, 0.05) is 11.6 Å². The molecule has 1 amide bonds. The summed E-state index contributed by atoms with van der Waals surface area (Å²) in [6, 6.07) is 5.49. The van der Waals surface area contributed by atoms with E-state index in [-0.39, 0.29) is 11.4 Å². The molecular formula is C15H21ClN2O. The SMILES string of the molecule is Cc1cccc(C(=O)NC2(CCl)CCC(C)CC2)n1. The fourth-order valence-electron chi connectivity index (χ4n) is 2.58. The Morgan fingerprint density at radius 3 is 2.74 bits per heavy atom. The van der Waals surface area contributed by atoms with Crippen molar-refractivity contribution in [3.8, 4) is 0 Å². The van der Waals surface area contributed by atoms with E-state index in [1.165, 1.54) is 0 Å². The number of aromatic nitrogens is 1. The van der Waals surface area contributed by atoms with Crippen LogP contribution in [-0.2, 0) is 0 Å². The van der Waals surface area contributed by atoms with Gasteiger partial charge >= 0.3 is 0 Å². The van der Waals surface area contributed by atoms with Crippen LogP contribution in [0.1, 0.15) is 48.8 Å². The maximum atomic E-state index is 12.3. The van der Waals surface area contributed by atoms with Gasteiger partial charge < -0.3 is 5.32 Å². The molecule has 0 aromatic carbocycles. The van der Waals surface area contributed by atoms with E-state index in [1.54, 1.807) is 6.07 Å². The Balaban J connectivity index is 2.08. The highest BCUT2D eigenvalue weighted by Gasteiger charge is 2.35. The van der Waals surface area contributed by atoms with Gasteiger partial charge in [-0.25, -0.2) is 4.98 Å². The van der Waals surface area contributed by atoms with Gasteiger partial charge in [-0.2, -0.15) is 0 Å². The highest BCUT2D eigenvalue weighted by molar-refractivity contribution is 6.19. The first kappa shape index (κ1) is 14.3. The molecule has 0 spiro atoms. The molecule has 1 saturated carbocycles. The number of aryl methyl sites for hydroxylation is 1. The average molecular weight is 281 g/mol. The normalized spacial score (nSPS) is 27.0. The molecule has 1 aromatic rings. The number of nitrogens with zero attached hydrogens (tertiary/aromatic N) is 1. The second kappa shape index (κ2) is 5.91. The summed E-state index contributed by atoms with van der Waals surface area (Å²) in [4.78, 5) is 16.5. The molecule has 0 unspecified atom stereocenters. The molecule has 1 aliphatic carbocycles. The van der Waals surface area contributed by atoms with E-state index >= 15 is 0 Å². The summed E-state index contributed by atoms with van der Waals surface area (Å²) >= 11 is 6.11. The zero-order chi connectivity index (χ0) is 13.9. The summed E-state index contributed by atoms with van der Waals surface area (Å²) in [5, 5.41) is 3.11. The lowest BCUT2D eigenvalue weighted by atomic mass is 9.78. The zero-order valence-electron chi connectivity index (χ0n) is 11.6. The molecule has 104 valence electrons. The van der Waals surface area contributed by atoms with E-state index in [1.807, 2.05) is 19.1 Å². The molecule has 0 aliphatic heterocycles. The number of pyridine rings is 1. The zero-order valence-corrected chi connectivity index (χ0v) is 12.3. The van der Waals surface area contributed by atoms with Gasteiger partial charge in [-0.05, 0) is 50.7 Å². The third kappa shape index (κ3) is 3.47. The molecule has 1 N–H and O–H groups in total. The number of carbonyl (C=O) groups excluding carboxylic acids is 1. The van der Waals surface area contributed by atoms with Crippen LogP contribution in [0.15, 0.2) is 18.2 Å². The maximum Gasteiger partial charge on any atom is 0.270 e. The first-order valence-electron chi connectivity index (χ1n) is 6.87. The van der Waals surface area contributed by atoms with E-state index in [0.717, 1.165) is 37.3 Å². The number of amides is 1. The molecule has 0 saturated heterocycles. The van der Waals surface area contributed by atoms with Crippen molar-refractivity contribution in [2.24, 2.45) is 5.92 Å². The molecule has 2 rings (SSSR count). The third-order valence-electron chi connectivity index (χ3n) is 3.99. The van der Waals surface area contributed by atoms with Crippen molar-refractivity contribution in [3.63, 3.8) is 0 Å². The van der Waals surface area contributed by atoms with Crippen LogP contribution in [0.25, 0.3) is 0 Å². The van der Waals surface area contributed by atoms with Crippen LogP contribution in [-0.4, -0.2) is 22.3 Å². The Bertz CT molecular complexity index is 453. The van der Waals surface area contributed by atoms with Crippen LogP contribution in [0.4, 0.5) is 0 Å². The number of hydrogen-bond donors (Lipinski definition) is 1. The molecule has 1 aliphatic rings. The van der Waals surface area contributed by atoms with Gasteiger partial charge in [-0.15, -0.1) is 11.6 Å². The lowest BCUT2D eigenvalue weighted by molar-refractivity contribution is 0.0867. The molecule has 3 nitrogen and oxygen atoms in total. The molecule has 1 heterocycles. The highest BCUT2D eigenvalue weighted by Crippen LogP contribution is 2.32. The van der Waals surface area contributed by atoms with Crippen molar-refractivity contribution >= 4 is 17.5 Å². The minimum Gasteiger partial charge on any atom is -0.344 e. The second-order valence-electron chi connectivity index (χ2n) is 5.71. The van der Waals surface area contributed by atoms with Crippen LogP contribution >= 0.6 is 11.6 Å². The first-order valence-corrected chi connectivity index (χ1v) is 7.40. The number of rotatable bonds is 3. The van der Waals surface area contributed by atoms with E-state index in [0.29, 0.717) is 11.6 Å². The highest BCUT2D eigenvalue weighted by atomic mass is 35.5. The topological polar surface area (TPSA) is 42.0 Å². The molecular weight excluding hydrogens is 260 g/mol. The van der Waals surface area contributed by atoms with Crippen molar-refractivity contribution in [2.75, 3.05) is 5.88 Å². The Kier molecular flexibility index (Phi) is 4.46. The van der Waals surface area contributed by atoms with Crippen molar-refractivity contribution in [3.05, 3.63) is 29.6 Å². The van der Waals surface area contributed by atoms with Gasteiger partial charge in [0.2, 0.25) is 0 Å². The van der Waals surface area contributed by atoms with Crippen LogP contribution < -0.4 is 5.32 Å². The fraction of sp³-hybridized carbons (Fsp3) is 0.600. The molecule has 0 bridgehead atoms.